The van der Waals surface area contributed by atoms with Crippen LogP contribution in [-0.4, -0.2) is 34.3 Å². The van der Waals surface area contributed by atoms with E-state index < -0.39 is 0 Å². The van der Waals surface area contributed by atoms with Gasteiger partial charge < -0.3 is 15.7 Å². The summed E-state index contributed by atoms with van der Waals surface area (Å²) in [6.07, 6.45) is 1.61. The number of aliphatic hydroxyl groups excluding tert-OH is 1. The van der Waals surface area contributed by atoms with Crippen LogP contribution in [0.4, 0.5) is 11.6 Å². The van der Waals surface area contributed by atoms with Crippen molar-refractivity contribution in [1.82, 2.24) is 9.97 Å². The van der Waals surface area contributed by atoms with Crippen LogP contribution in [0.1, 0.15) is 38.6 Å². The number of nitrogens with one attached hydrogen (secondary N) is 2. The van der Waals surface area contributed by atoms with Crippen LogP contribution in [0.25, 0.3) is 0 Å². The fraction of sp³-hybridized carbons (Fsp3) is 0.692. The summed E-state index contributed by atoms with van der Waals surface area (Å²) in [6.45, 7) is 8.10. The minimum absolute atomic E-state index is 0.0727. The lowest BCUT2D eigenvalue weighted by atomic mass is 10.00. The molecule has 0 spiro atoms. The Kier molecular flexibility index (Phi) is 4.90. The molecule has 0 aliphatic rings. The van der Waals surface area contributed by atoms with Crippen LogP contribution in [-0.2, 0) is 6.42 Å². The first-order valence-electron chi connectivity index (χ1n) is 6.44. The molecule has 18 heavy (non-hydrogen) atoms. The van der Waals surface area contributed by atoms with E-state index in [0.29, 0.717) is 0 Å². The predicted molar refractivity (Wildman–Crippen MR) is 75.1 cm³/mol. The van der Waals surface area contributed by atoms with Gasteiger partial charge >= 0.3 is 0 Å². The fourth-order valence-corrected chi connectivity index (χ4v) is 1.61. The van der Waals surface area contributed by atoms with E-state index in [1.165, 1.54) is 0 Å². The third-order valence-corrected chi connectivity index (χ3v) is 3.29. The molecule has 0 radical (unpaired) electrons. The fourth-order valence-electron chi connectivity index (χ4n) is 1.61. The minimum Gasteiger partial charge on any atom is -0.394 e. The Morgan fingerprint density at radius 1 is 1.22 bits per heavy atom. The molecule has 0 saturated carbocycles. The number of aryl methyl sites for hydroxylation is 1. The number of rotatable bonds is 6. The molecule has 1 atom stereocenters. The Morgan fingerprint density at radius 3 is 2.28 bits per heavy atom. The average molecular weight is 252 g/mol. The highest BCUT2D eigenvalue weighted by molar-refractivity contribution is 5.58. The highest BCUT2D eigenvalue weighted by Gasteiger charge is 2.23. The lowest BCUT2D eigenvalue weighted by Crippen LogP contribution is -2.38. The number of hydrogen-bond donors (Lipinski definition) is 3. The Labute approximate surface area is 109 Å². The van der Waals surface area contributed by atoms with E-state index in [4.69, 9.17) is 0 Å². The van der Waals surface area contributed by atoms with Gasteiger partial charge in [0.2, 0.25) is 0 Å². The van der Waals surface area contributed by atoms with E-state index in [0.717, 1.165) is 35.9 Å². The first kappa shape index (κ1) is 14.7. The second kappa shape index (κ2) is 6.00. The van der Waals surface area contributed by atoms with Crippen molar-refractivity contribution in [2.24, 2.45) is 0 Å². The van der Waals surface area contributed by atoms with Crippen LogP contribution in [0.15, 0.2) is 0 Å². The summed E-state index contributed by atoms with van der Waals surface area (Å²) in [5.74, 6) is 2.43. The molecule has 0 aromatic carbocycles. The largest absolute Gasteiger partial charge is 0.394 e. The molecule has 0 aliphatic heterocycles. The van der Waals surface area contributed by atoms with E-state index in [1.807, 2.05) is 34.7 Å². The summed E-state index contributed by atoms with van der Waals surface area (Å²) >= 11 is 0. The minimum atomic E-state index is -0.352. The van der Waals surface area contributed by atoms with Gasteiger partial charge in [-0.2, -0.15) is 0 Å². The van der Waals surface area contributed by atoms with Gasteiger partial charge in [0.15, 0.2) is 0 Å². The number of anilines is 2. The summed E-state index contributed by atoms with van der Waals surface area (Å²) in [7, 11) is 1.85. The third kappa shape index (κ3) is 3.10. The predicted octanol–water partition coefficient (Wildman–Crippen LogP) is 1.96. The van der Waals surface area contributed by atoms with Gasteiger partial charge in [-0.05, 0) is 20.3 Å². The van der Waals surface area contributed by atoms with Gasteiger partial charge in [-0.1, -0.05) is 13.8 Å². The molecule has 1 aromatic rings. The molecule has 1 aromatic heterocycles. The summed E-state index contributed by atoms with van der Waals surface area (Å²) in [6, 6.07) is 0. The van der Waals surface area contributed by atoms with Crippen molar-refractivity contribution in [3.05, 3.63) is 11.4 Å². The van der Waals surface area contributed by atoms with Gasteiger partial charge in [0.25, 0.3) is 0 Å². The molecule has 1 unspecified atom stereocenters. The number of nitrogens with zero attached hydrogens (tertiary/aromatic N) is 2. The number of hydrogen-bond acceptors (Lipinski definition) is 5. The van der Waals surface area contributed by atoms with E-state index in [-0.39, 0.29) is 12.1 Å². The zero-order chi connectivity index (χ0) is 13.8. The second-order valence-corrected chi connectivity index (χ2v) is 4.76. The smallest absolute Gasteiger partial charge is 0.135 e. The highest BCUT2D eigenvalue weighted by atomic mass is 16.3. The molecular formula is C13H24N4O. The SMILES string of the molecule is CCc1nc(NC)c(C)c(NC(C)(CC)CO)n1. The maximum atomic E-state index is 9.47. The zero-order valence-corrected chi connectivity index (χ0v) is 12.0. The van der Waals surface area contributed by atoms with Gasteiger partial charge in [0.05, 0.1) is 12.1 Å². The molecule has 3 N–H and O–H groups in total. The summed E-state index contributed by atoms with van der Waals surface area (Å²) in [4.78, 5) is 8.93. The van der Waals surface area contributed by atoms with Crippen molar-refractivity contribution in [3.63, 3.8) is 0 Å². The van der Waals surface area contributed by atoms with E-state index >= 15 is 0 Å². The maximum absolute atomic E-state index is 9.47. The molecule has 0 fully saturated rings. The van der Waals surface area contributed by atoms with E-state index in [1.54, 1.807) is 0 Å². The van der Waals surface area contributed by atoms with Crippen molar-refractivity contribution in [2.75, 3.05) is 24.3 Å². The number of aromatic nitrogens is 2. The lowest BCUT2D eigenvalue weighted by Gasteiger charge is -2.29. The molecule has 0 aliphatic carbocycles. The first-order valence-corrected chi connectivity index (χ1v) is 6.44. The van der Waals surface area contributed by atoms with Gasteiger partial charge in [0, 0.05) is 19.0 Å². The standard InChI is InChI=1S/C13H24N4O/c1-6-10-15-11(14-5)9(3)12(16-10)17-13(4,7-2)8-18/h18H,6-8H2,1-5H3,(H2,14,15,16,17). The van der Waals surface area contributed by atoms with Crippen LogP contribution in [0.2, 0.25) is 0 Å². The van der Waals surface area contributed by atoms with Gasteiger partial charge in [-0.3, -0.25) is 0 Å². The second-order valence-electron chi connectivity index (χ2n) is 4.76. The summed E-state index contributed by atoms with van der Waals surface area (Å²) in [5, 5.41) is 15.9. The van der Waals surface area contributed by atoms with Crippen molar-refractivity contribution < 1.29 is 5.11 Å². The van der Waals surface area contributed by atoms with E-state index in [2.05, 4.69) is 20.6 Å². The molecular weight excluding hydrogens is 228 g/mol. The van der Waals surface area contributed by atoms with Crippen LogP contribution in [0.5, 0.6) is 0 Å². The Balaban J connectivity index is 3.15. The number of aliphatic hydroxyl groups is 1. The first-order chi connectivity index (χ1) is 8.49. The topological polar surface area (TPSA) is 70.1 Å². The molecule has 1 rings (SSSR count). The van der Waals surface area contributed by atoms with Gasteiger partial charge in [0.1, 0.15) is 17.5 Å². The third-order valence-electron chi connectivity index (χ3n) is 3.29. The van der Waals surface area contributed by atoms with Crippen molar-refractivity contribution in [2.45, 2.75) is 46.1 Å². The molecule has 0 amide bonds. The Bertz CT molecular complexity index is 402. The Morgan fingerprint density at radius 2 is 1.83 bits per heavy atom. The molecule has 5 heteroatoms. The maximum Gasteiger partial charge on any atom is 0.135 e. The van der Waals surface area contributed by atoms with Crippen LogP contribution in [0, 0.1) is 6.92 Å². The monoisotopic (exact) mass is 252 g/mol. The molecule has 102 valence electrons. The lowest BCUT2D eigenvalue weighted by molar-refractivity contribution is 0.218. The van der Waals surface area contributed by atoms with Gasteiger partial charge in [-0.25, -0.2) is 9.97 Å². The molecule has 5 nitrogen and oxygen atoms in total. The van der Waals surface area contributed by atoms with Crippen molar-refractivity contribution in [3.8, 4) is 0 Å². The average Bonchev–Trinajstić information content (AvgIpc) is 2.40. The molecule has 1 heterocycles. The summed E-state index contributed by atoms with van der Waals surface area (Å²) < 4.78 is 0. The quantitative estimate of drug-likeness (QED) is 0.722. The normalized spacial score (nSPS) is 14.1. The highest BCUT2D eigenvalue weighted by Crippen LogP contribution is 2.24. The van der Waals surface area contributed by atoms with Crippen LogP contribution < -0.4 is 10.6 Å². The van der Waals surface area contributed by atoms with Crippen molar-refractivity contribution >= 4 is 11.6 Å². The molecule has 0 bridgehead atoms. The Hall–Kier alpha value is -1.36. The zero-order valence-electron chi connectivity index (χ0n) is 12.0. The van der Waals surface area contributed by atoms with Crippen LogP contribution >= 0.6 is 0 Å². The van der Waals surface area contributed by atoms with E-state index in [9.17, 15) is 5.11 Å². The van der Waals surface area contributed by atoms with Gasteiger partial charge in [-0.15, -0.1) is 0 Å². The molecule has 0 saturated heterocycles. The van der Waals surface area contributed by atoms with Crippen LogP contribution in [0.3, 0.4) is 0 Å². The van der Waals surface area contributed by atoms with Crippen molar-refractivity contribution in [1.29, 1.82) is 0 Å². The summed E-state index contributed by atoms with van der Waals surface area (Å²) in [5.41, 5.74) is 0.623.